The molecule has 22 heavy (non-hydrogen) atoms. The van der Waals surface area contributed by atoms with Crippen LogP contribution in [0.4, 0.5) is 5.69 Å². The number of nitrogens with one attached hydrogen (secondary N) is 1. The van der Waals surface area contributed by atoms with Crippen LogP contribution < -0.4 is 5.32 Å². The standard InChI is InChI=1S/C16H20ClN3O2/c17-13-6-5-12(10-18)15(9-13)19-16(22)11-20-7-1-3-14(20)4-2-8-21/h5-6,9,14,21H,1-4,7-8,11H2,(H,19,22). The van der Waals surface area contributed by atoms with Gasteiger partial charge < -0.3 is 10.4 Å². The van der Waals surface area contributed by atoms with Crippen molar-refractivity contribution < 1.29 is 9.90 Å². The maximum Gasteiger partial charge on any atom is 0.238 e. The minimum absolute atomic E-state index is 0.144. The summed E-state index contributed by atoms with van der Waals surface area (Å²) < 4.78 is 0. The van der Waals surface area contributed by atoms with Crippen molar-refractivity contribution in [2.45, 2.75) is 31.7 Å². The van der Waals surface area contributed by atoms with Crippen molar-refractivity contribution in [3.63, 3.8) is 0 Å². The van der Waals surface area contributed by atoms with Gasteiger partial charge in [0.15, 0.2) is 0 Å². The van der Waals surface area contributed by atoms with Crippen molar-refractivity contribution in [2.24, 2.45) is 0 Å². The average molecular weight is 322 g/mol. The Balaban J connectivity index is 1.95. The quantitative estimate of drug-likeness (QED) is 0.843. The molecule has 2 N–H and O–H groups in total. The summed E-state index contributed by atoms with van der Waals surface area (Å²) in [5, 5.41) is 21.3. The lowest BCUT2D eigenvalue weighted by Crippen LogP contribution is -2.37. The van der Waals surface area contributed by atoms with Gasteiger partial charge in [-0.25, -0.2) is 0 Å². The molecule has 1 aliphatic heterocycles. The van der Waals surface area contributed by atoms with Crippen LogP contribution in [0, 0.1) is 11.3 Å². The lowest BCUT2D eigenvalue weighted by Gasteiger charge is -2.23. The van der Waals surface area contributed by atoms with Gasteiger partial charge >= 0.3 is 0 Å². The predicted octanol–water partition coefficient (Wildman–Crippen LogP) is 2.39. The number of carbonyl (C=O) groups excluding carboxylic acids is 1. The van der Waals surface area contributed by atoms with Crippen molar-refractivity contribution in [2.75, 3.05) is 25.0 Å². The van der Waals surface area contributed by atoms with E-state index < -0.39 is 0 Å². The van der Waals surface area contributed by atoms with E-state index in [9.17, 15) is 4.79 Å². The van der Waals surface area contributed by atoms with Crippen LogP contribution in [0.5, 0.6) is 0 Å². The van der Waals surface area contributed by atoms with Gasteiger partial charge in [-0.2, -0.15) is 5.26 Å². The molecule has 5 nitrogen and oxygen atoms in total. The molecule has 2 rings (SSSR count). The Labute approximate surface area is 135 Å². The number of benzene rings is 1. The summed E-state index contributed by atoms with van der Waals surface area (Å²) in [5.41, 5.74) is 0.849. The van der Waals surface area contributed by atoms with E-state index >= 15 is 0 Å². The first-order valence-electron chi connectivity index (χ1n) is 7.48. The van der Waals surface area contributed by atoms with Gasteiger partial charge in [-0.3, -0.25) is 9.69 Å². The van der Waals surface area contributed by atoms with E-state index in [4.69, 9.17) is 22.0 Å². The molecule has 1 aromatic carbocycles. The maximum atomic E-state index is 12.2. The van der Waals surface area contributed by atoms with Crippen molar-refractivity contribution in [3.8, 4) is 6.07 Å². The number of carbonyl (C=O) groups is 1. The number of likely N-dealkylation sites (tertiary alicyclic amines) is 1. The van der Waals surface area contributed by atoms with Gasteiger partial charge in [-0.1, -0.05) is 11.6 Å². The van der Waals surface area contributed by atoms with Gasteiger partial charge in [-0.15, -0.1) is 0 Å². The fourth-order valence-corrected chi connectivity index (χ4v) is 3.02. The number of hydrogen-bond donors (Lipinski definition) is 2. The number of aliphatic hydroxyl groups excluding tert-OH is 1. The van der Waals surface area contributed by atoms with E-state index in [1.54, 1.807) is 18.2 Å². The number of hydrogen-bond acceptors (Lipinski definition) is 4. The summed E-state index contributed by atoms with van der Waals surface area (Å²) in [7, 11) is 0. The molecule has 0 aromatic heterocycles. The number of amides is 1. The van der Waals surface area contributed by atoms with Gasteiger partial charge in [0, 0.05) is 17.7 Å². The molecule has 0 bridgehead atoms. The van der Waals surface area contributed by atoms with Crippen LogP contribution >= 0.6 is 11.6 Å². The second-order valence-corrected chi connectivity index (χ2v) is 5.92. The fraction of sp³-hybridized carbons (Fsp3) is 0.500. The lowest BCUT2D eigenvalue weighted by molar-refractivity contribution is -0.117. The summed E-state index contributed by atoms with van der Waals surface area (Å²) in [6.45, 7) is 1.38. The maximum absolute atomic E-state index is 12.2. The zero-order chi connectivity index (χ0) is 15.9. The molecule has 0 saturated carbocycles. The highest BCUT2D eigenvalue weighted by atomic mass is 35.5. The van der Waals surface area contributed by atoms with E-state index in [1.807, 2.05) is 6.07 Å². The fourth-order valence-electron chi connectivity index (χ4n) is 2.85. The Bertz CT molecular complexity index is 571. The van der Waals surface area contributed by atoms with Gasteiger partial charge in [0.25, 0.3) is 0 Å². The van der Waals surface area contributed by atoms with Crippen LogP contribution in [0.15, 0.2) is 18.2 Å². The summed E-state index contributed by atoms with van der Waals surface area (Å²) in [4.78, 5) is 14.4. The van der Waals surface area contributed by atoms with E-state index in [0.29, 0.717) is 28.9 Å². The van der Waals surface area contributed by atoms with E-state index in [-0.39, 0.29) is 12.5 Å². The number of rotatable bonds is 6. The molecule has 1 heterocycles. The van der Waals surface area contributed by atoms with Crippen LogP contribution in [-0.2, 0) is 4.79 Å². The third-order valence-corrected chi connectivity index (χ3v) is 4.15. The highest BCUT2D eigenvalue weighted by Gasteiger charge is 2.25. The summed E-state index contributed by atoms with van der Waals surface area (Å²) in [6, 6.07) is 7.21. The normalized spacial score (nSPS) is 18.1. The van der Waals surface area contributed by atoms with Gasteiger partial charge in [0.1, 0.15) is 6.07 Å². The topological polar surface area (TPSA) is 76.4 Å². The summed E-state index contributed by atoms with van der Waals surface area (Å²) in [5.74, 6) is -0.144. The first-order chi connectivity index (χ1) is 10.6. The zero-order valence-electron chi connectivity index (χ0n) is 12.4. The second kappa shape index (κ2) is 8.14. The molecule has 0 spiro atoms. The molecule has 1 aliphatic rings. The highest BCUT2D eigenvalue weighted by Crippen LogP contribution is 2.23. The smallest absolute Gasteiger partial charge is 0.238 e. The van der Waals surface area contributed by atoms with Gasteiger partial charge in [0.2, 0.25) is 5.91 Å². The first-order valence-corrected chi connectivity index (χ1v) is 7.86. The molecule has 1 amide bonds. The third-order valence-electron chi connectivity index (χ3n) is 3.92. The monoisotopic (exact) mass is 321 g/mol. The molecular formula is C16H20ClN3O2. The van der Waals surface area contributed by atoms with Crippen molar-refractivity contribution >= 4 is 23.2 Å². The van der Waals surface area contributed by atoms with Crippen molar-refractivity contribution in [1.82, 2.24) is 4.90 Å². The Morgan fingerprint density at radius 1 is 1.55 bits per heavy atom. The van der Waals surface area contributed by atoms with Crippen molar-refractivity contribution in [1.29, 1.82) is 5.26 Å². The molecule has 1 atom stereocenters. The molecule has 0 aliphatic carbocycles. The zero-order valence-corrected chi connectivity index (χ0v) is 13.1. The molecular weight excluding hydrogens is 302 g/mol. The number of nitrogens with zero attached hydrogens (tertiary/aromatic N) is 2. The Morgan fingerprint density at radius 2 is 2.36 bits per heavy atom. The Morgan fingerprint density at radius 3 is 3.09 bits per heavy atom. The Hall–Kier alpha value is -1.61. The third kappa shape index (κ3) is 4.44. The van der Waals surface area contributed by atoms with Crippen LogP contribution in [0.1, 0.15) is 31.2 Å². The van der Waals surface area contributed by atoms with E-state index in [0.717, 1.165) is 32.2 Å². The second-order valence-electron chi connectivity index (χ2n) is 5.48. The number of aliphatic hydroxyl groups is 1. The van der Waals surface area contributed by atoms with Gasteiger partial charge in [-0.05, 0) is 50.4 Å². The summed E-state index contributed by atoms with van der Waals surface area (Å²) in [6.07, 6.45) is 3.80. The molecule has 6 heteroatoms. The minimum Gasteiger partial charge on any atom is -0.396 e. The largest absolute Gasteiger partial charge is 0.396 e. The molecule has 118 valence electrons. The SMILES string of the molecule is N#Cc1ccc(Cl)cc1NC(=O)CN1CCCC1CCCO. The van der Waals surface area contributed by atoms with Crippen LogP contribution in [-0.4, -0.2) is 41.7 Å². The first kappa shape index (κ1) is 16.8. The number of nitriles is 1. The minimum atomic E-state index is -0.144. The molecule has 1 unspecified atom stereocenters. The van der Waals surface area contributed by atoms with Gasteiger partial charge in [0.05, 0.1) is 17.8 Å². The number of halogens is 1. The Kier molecular flexibility index (Phi) is 6.20. The molecule has 1 saturated heterocycles. The number of anilines is 1. The van der Waals surface area contributed by atoms with E-state index in [1.165, 1.54) is 0 Å². The van der Waals surface area contributed by atoms with E-state index in [2.05, 4.69) is 10.2 Å². The average Bonchev–Trinajstić information content (AvgIpc) is 2.92. The summed E-state index contributed by atoms with van der Waals surface area (Å²) >= 11 is 5.91. The molecule has 1 fully saturated rings. The highest BCUT2D eigenvalue weighted by molar-refractivity contribution is 6.31. The van der Waals surface area contributed by atoms with Crippen LogP contribution in [0.25, 0.3) is 0 Å². The molecule has 1 aromatic rings. The predicted molar refractivity (Wildman–Crippen MR) is 85.7 cm³/mol. The molecule has 0 radical (unpaired) electrons. The van der Waals surface area contributed by atoms with Crippen molar-refractivity contribution in [3.05, 3.63) is 28.8 Å². The lowest BCUT2D eigenvalue weighted by atomic mass is 10.1. The van der Waals surface area contributed by atoms with Crippen LogP contribution in [0.3, 0.4) is 0 Å². The van der Waals surface area contributed by atoms with Crippen LogP contribution in [0.2, 0.25) is 5.02 Å².